The lowest BCUT2D eigenvalue weighted by atomic mass is 9.89. The van der Waals surface area contributed by atoms with Crippen molar-refractivity contribution < 1.29 is 14.5 Å². The van der Waals surface area contributed by atoms with Crippen molar-refractivity contribution in [3.63, 3.8) is 0 Å². The van der Waals surface area contributed by atoms with Gasteiger partial charge in [-0.3, -0.25) is 19.7 Å². The Morgan fingerprint density at radius 2 is 1.71 bits per heavy atom. The van der Waals surface area contributed by atoms with Crippen molar-refractivity contribution >= 4 is 34.8 Å². The fraction of sp³-hybridized carbons (Fsp3) is 0. The van der Waals surface area contributed by atoms with Crippen molar-refractivity contribution in [2.24, 2.45) is 0 Å². The third-order valence-corrected chi connectivity index (χ3v) is 3.02. The molecule has 0 saturated carbocycles. The molecule has 0 aromatic heterocycles. The molecule has 2 aliphatic carbocycles. The molecule has 0 unspecified atom stereocenters. The molecule has 86 valence electrons. The zero-order valence-electron chi connectivity index (χ0n) is 8.07. The quantitative estimate of drug-likeness (QED) is 0.539. The summed E-state index contributed by atoms with van der Waals surface area (Å²) in [4.78, 5) is 33.0. The molecule has 0 aromatic rings. The van der Waals surface area contributed by atoms with Crippen molar-refractivity contribution in [1.82, 2.24) is 0 Å². The molecule has 0 aliphatic heterocycles. The van der Waals surface area contributed by atoms with E-state index in [0.717, 1.165) is 12.2 Å². The number of ketones is 2. The summed E-state index contributed by atoms with van der Waals surface area (Å²) in [5.74, 6) is -1.31. The van der Waals surface area contributed by atoms with Gasteiger partial charge >= 0.3 is 0 Å². The van der Waals surface area contributed by atoms with Gasteiger partial charge in [-0.1, -0.05) is 23.2 Å². The van der Waals surface area contributed by atoms with E-state index in [-0.39, 0.29) is 21.2 Å². The van der Waals surface area contributed by atoms with Crippen LogP contribution >= 0.6 is 23.2 Å². The molecular formula is C10H3Cl2NO4. The van der Waals surface area contributed by atoms with E-state index in [0.29, 0.717) is 0 Å². The van der Waals surface area contributed by atoms with Crippen LogP contribution in [-0.2, 0) is 9.59 Å². The Hall–Kier alpha value is -1.72. The lowest BCUT2D eigenvalue weighted by Gasteiger charge is -2.16. The molecule has 17 heavy (non-hydrogen) atoms. The monoisotopic (exact) mass is 271 g/mol. The van der Waals surface area contributed by atoms with E-state index in [1.165, 1.54) is 6.08 Å². The average Bonchev–Trinajstić information content (AvgIpc) is 2.26. The highest BCUT2D eigenvalue weighted by atomic mass is 35.5. The highest BCUT2D eigenvalue weighted by Gasteiger charge is 2.35. The van der Waals surface area contributed by atoms with Crippen LogP contribution in [0, 0.1) is 10.1 Å². The number of fused-ring (bicyclic) bond motifs is 1. The van der Waals surface area contributed by atoms with Crippen LogP contribution in [0.25, 0.3) is 0 Å². The van der Waals surface area contributed by atoms with Crippen LogP contribution in [-0.4, -0.2) is 16.5 Å². The second-order valence-electron chi connectivity index (χ2n) is 3.30. The normalized spacial score (nSPS) is 19.5. The van der Waals surface area contributed by atoms with Gasteiger partial charge in [0.25, 0.3) is 5.70 Å². The first kappa shape index (κ1) is 11.8. The molecule has 0 saturated heterocycles. The Kier molecular flexibility index (Phi) is 2.73. The summed E-state index contributed by atoms with van der Waals surface area (Å²) in [6.45, 7) is 0. The van der Waals surface area contributed by atoms with Crippen LogP contribution in [0.5, 0.6) is 0 Å². The summed E-state index contributed by atoms with van der Waals surface area (Å²) in [5, 5.41) is 10.4. The first-order valence-corrected chi connectivity index (χ1v) is 5.11. The van der Waals surface area contributed by atoms with Crippen molar-refractivity contribution in [3.05, 3.63) is 55.3 Å². The lowest BCUT2D eigenvalue weighted by Crippen LogP contribution is -2.20. The fourth-order valence-electron chi connectivity index (χ4n) is 1.52. The minimum Gasteiger partial charge on any atom is -0.290 e. The van der Waals surface area contributed by atoms with E-state index in [2.05, 4.69) is 0 Å². The maximum absolute atomic E-state index is 11.7. The number of nitrogens with zero attached hydrogens (tertiary/aromatic N) is 1. The Balaban J connectivity index is 2.67. The second-order valence-corrected chi connectivity index (χ2v) is 4.08. The maximum Gasteiger partial charge on any atom is 0.281 e. The molecule has 0 bridgehead atoms. The van der Waals surface area contributed by atoms with Gasteiger partial charge in [-0.05, 0) is 12.2 Å². The molecule has 5 nitrogen and oxygen atoms in total. The van der Waals surface area contributed by atoms with Gasteiger partial charge in [0, 0.05) is 5.57 Å². The lowest BCUT2D eigenvalue weighted by molar-refractivity contribution is -0.420. The summed E-state index contributed by atoms with van der Waals surface area (Å²) >= 11 is 11.3. The number of hydrogen-bond donors (Lipinski definition) is 0. The smallest absolute Gasteiger partial charge is 0.281 e. The van der Waals surface area contributed by atoms with E-state index in [1.807, 2.05) is 0 Å². The van der Waals surface area contributed by atoms with Crippen molar-refractivity contribution in [2.45, 2.75) is 0 Å². The van der Waals surface area contributed by atoms with E-state index >= 15 is 0 Å². The van der Waals surface area contributed by atoms with Crippen LogP contribution in [0.1, 0.15) is 0 Å². The highest BCUT2D eigenvalue weighted by Crippen LogP contribution is 2.35. The number of carbonyl (C=O) groups excluding carboxylic acids is 2. The van der Waals surface area contributed by atoms with Gasteiger partial charge in [-0.15, -0.1) is 0 Å². The molecular weight excluding hydrogens is 269 g/mol. The summed E-state index contributed by atoms with van der Waals surface area (Å²) in [6, 6.07) is 0. The van der Waals surface area contributed by atoms with Crippen LogP contribution in [0.2, 0.25) is 0 Å². The largest absolute Gasteiger partial charge is 0.290 e. The van der Waals surface area contributed by atoms with Gasteiger partial charge in [0.2, 0.25) is 5.78 Å². The maximum atomic E-state index is 11.7. The molecule has 0 fully saturated rings. The average molecular weight is 272 g/mol. The van der Waals surface area contributed by atoms with E-state index in [9.17, 15) is 19.7 Å². The Bertz CT molecular complexity index is 577. The predicted octanol–water partition coefficient (Wildman–Crippen LogP) is 1.85. The van der Waals surface area contributed by atoms with E-state index in [4.69, 9.17) is 23.2 Å². The number of rotatable bonds is 1. The van der Waals surface area contributed by atoms with Crippen molar-refractivity contribution in [3.8, 4) is 0 Å². The Morgan fingerprint density at radius 3 is 2.29 bits per heavy atom. The van der Waals surface area contributed by atoms with Gasteiger partial charge in [0.15, 0.2) is 5.78 Å². The summed E-state index contributed by atoms with van der Waals surface area (Å²) in [6.07, 6.45) is 3.05. The second kappa shape index (κ2) is 3.94. The van der Waals surface area contributed by atoms with E-state index < -0.39 is 22.2 Å². The number of Topliss-reactive ketones (excluding diaryl/α,β-unsaturated/α-hetero) is 1. The first-order chi connectivity index (χ1) is 7.91. The summed E-state index contributed by atoms with van der Waals surface area (Å²) in [7, 11) is 0. The first-order valence-electron chi connectivity index (χ1n) is 4.36. The molecule has 0 radical (unpaired) electrons. The fourth-order valence-corrected chi connectivity index (χ4v) is 1.87. The molecule has 0 spiro atoms. The Morgan fingerprint density at radius 1 is 1.06 bits per heavy atom. The highest BCUT2D eigenvalue weighted by molar-refractivity contribution is 6.52. The standard InChI is InChI=1S/C10H3Cl2NO4/c11-7-3-5-6(10(15)9(7)12)1-4(14)2-8(5)13(16)17/h1-3H. The molecule has 2 rings (SSSR count). The van der Waals surface area contributed by atoms with Gasteiger partial charge < -0.3 is 0 Å². The number of hydrogen-bond acceptors (Lipinski definition) is 4. The SMILES string of the molecule is O=C1C=C2C(=O)C(Cl)=C(Cl)C=C2C([N+](=O)[O-])=C1. The zero-order chi connectivity index (χ0) is 12.7. The minimum atomic E-state index is -0.743. The molecule has 0 aromatic carbocycles. The number of halogens is 2. The van der Waals surface area contributed by atoms with Crippen LogP contribution in [0.3, 0.4) is 0 Å². The van der Waals surface area contributed by atoms with Gasteiger partial charge in [0.1, 0.15) is 5.03 Å². The zero-order valence-corrected chi connectivity index (χ0v) is 9.58. The van der Waals surface area contributed by atoms with Gasteiger partial charge in [0.05, 0.1) is 21.6 Å². The molecule has 0 atom stereocenters. The number of nitro groups is 1. The number of allylic oxidation sites excluding steroid dienone is 6. The topological polar surface area (TPSA) is 77.3 Å². The molecule has 0 heterocycles. The Labute approximate surface area is 105 Å². The van der Waals surface area contributed by atoms with Gasteiger partial charge in [-0.25, -0.2) is 0 Å². The minimum absolute atomic E-state index is 0.00833. The predicted molar refractivity (Wildman–Crippen MR) is 60.0 cm³/mol. The third kappa shape index (κ3) is 1.83. The molecule has 0 N–H and O–H groups in total. The number of carbonyl (C=O) groups is 2. The van der Waals surface area contributed by atoms with Crippen LogP contribution in [0.15, 0.2) is 45.1 Å². The van der Waals surface area contributed by atoms with Crippen LogP contribution in [0.4, 0.5) is 0 Å². The van der Waals surface area contributed by atoms with Crippen LogP contribution < -0.4 is 0 Å². The molecule has 0 amide bonds. The van der Waals surface area contributed by atoms with Crippen molar-refractivity contribution in [1.29, 1.82) is 0 Å². The van der Waals surface area contributed by atoms with E-state index in [1.54, 1.807) is 0 Å². The summed E-state index contributed by atoms with van der Waals surface area (Å²) < 4.78 is 0. The molecule has 7 heteroatoms. The summed E-state index contributed by atoms with van der Waals surface area (Å²) in [5.41, 5.74) is -0.546. The molecule has 2 aliphatic rings. The van der Waals surface area contributed by atoms with Gasteiger partial charge in [-0.2, -0.15) is 0 Å². The van der Waals surface area contributed by atoms with Crippen molar-refractivity contribution in [2.75, 3.05) is 0 Å². The third-order valence-electron chi connectivity index (χ3n) is 2.25.